The molecule has 0 aromatic heterocycles. The van der Waals surface area contributed by atoms with Crippen molar-refractivity contribution in [3.8, 4) is 11.5 Å². The molecular weight excluding hydrogens is 346 g/mol. The maximum Gasteiger partial charge on any atom is 0.221 e. The number of hydrogen-bond donors (Lipinski definition) is 1. The lowest BCUT2D eigenvalue weighted by Crippen LogP contribution is -2.41. The summed E-state index contributed by atoms with van der Waals surface area (Å²) in [6, 6.07) is 15.8. The van der Waals surface area contributed by atoms with E-state index in [9.17, 15) is 4.79 Å². The van der Waals surface area contributed by atoms with Gasteiger partial charge < -0.3 is 14.8 Å². The van der Waals surface area contributed by atoms with Crippen LogP contribution in [0.15, 0.2) is 53.4 Å². The highest BCUT2D eigenvalue weighted by Crippen LogP contribution is 2.41. The molecule has 0 saturated carbocycles. The number of fused-ring (bicyclic) bond motifs is 1. The van der Waals surface area contributed by atoms with Gasteiger partial charge in [-0.05, 0) is 44.2 Å². The van der Waals surface area contributed by atoms with Gasteiger partial charge in [-0.3, -0.25) is 4.79 Å². The van der Waals surface area contributed by atoms with Crippen LogP contribution >= 0.6 is 11.8 Å². The lowest BCUT2D eigenvalue weighted by molar-refractivity contribution is -0.121. The Bertz CT molecular complexity index is 761. The molecule has 1 aliphatic heterocycles. The van der Waals surface area contributed by atoms with Gasteiger partial charge in [0.15, 0.2) is 0 Å². The molecule has 26 heavy (non-hydrogen) atoms. The largest absolute Gasteiger partial charge is 0.497 e. The van der Waals surface area contributed by atoms with Crippen LogP contribution in [0.3, 0.4) is 0 Å². The summed E-state index contributed by atoms with van der Waals surface area (Å²) in [7, 11) is 1.64. The molecule has 1 aliphatic rings. The van der Waals surface area contributed by atoms with E-state index in [0.29, 0.717) is 6.42 Å². The van der Waals surface area contributed by atoms with Crippen molar-refractivity contribution in [2.75, 3.05) is 12.9 Å². The molecule has 138 valence electrons. The molecule has 1 amide bonds. The van der Waals surface area contributed by atoms with Gasteiger partial charge in [-0.1, -0.05) is 18.2 Å². The molecule has 0 saturated heterocycles. The first-order chi connectivity index (χ1) is 12.5. The van der Waals surface area contributed by atoms with Gasteiger partial charge >= 0.3 is 0 Å². The molecule has 0 radical (unpaired) electrons. The zero-order valence-electron chi connectivity index (χ0n) is 15.5. The third-order valence-corrected chi connectivity index (χ3v) is 5.36. The second-order valence-corrected chi connectivity index (χ2v) is 8.17. The SMILES string of the molecule is COc1ccc2c(c1)[C@H](NC(=O)CCSc1ccccc1)CC(C)(C)O2. The standard InChI is InChI=1S/C21H25NO3S/c1-21(2)14-18(17-13-15(24-3)9-10-19(17)25-21)22-20(23)11-12-26-16-7-5-4-6-8-16/h4-10,13,18H,11-12,14H2,1-3H3,(H,22,23)/t18-/m1/s1. The summed E-state index contributed by atoms with van der Waals surface area (Å²) in [5, 5.41) is 3.18. The quantitative estimate of drug-likeness (QED) is 0.754. The maximum atomic E-state index is 12.5. The normalized spacial score (nSPS) is 17.7. The van der Waals surface area contributed by atoms with E-state index in [-0.39, 0.29) is 17.6 Å². The Morgan fingerprint density at radius 1 is 1.27 bits per heavy atom. The van der Waals surface area contributed by atoms with Crippen molar-refractivity contribution in [2.45, 2.75) is 43.2 Å². The van der Waals surface area contributed by atoms with Crippen LogP contribution in [-0.4, -0.2) is 24.4 Å². The number of methoxy groups -OCH3 is 1. The van der Waals surface area contributed by atoms with Crippen molar-refractivity contribution < 1.29 is 14.3 Å². The Labute approximate surface area is 159 Å². The molecule has 2 aromatic rings. The Morgan fingerprint density at radius 2 is 2.04 bits per heavy atom. The Morgan fingerprint density at radius 3 is 2.77 bits per heavy atom. The maximum absolute atomic E-state index is 12.5. The average molecular weight is 372 g/mol. The van der Waals surface area contributed by atoms with Crippen LogP contribution < -0.4 is 14.8 Å². The van der Waals surface area contributed by atoms with Gasteiger partial charge in [-0.25, -0.2) is 0 Å². The van der Waals surface area contributed by atoms with Crippen molar-refractivity contribution in [3.63, 3.8) is 0 Å². The number of benzene rings is 2. The summed E-state index contributed by atoms with van der Waals surface area (Å²) in [6.07, 6.45) is 1.21. The van der Waals surface area contributed by atoms with Crippen LogP contribution in [0.1, 0.15) is 38.3 Å². The van der Waals surface area contributed by atoms with E-state index in [1.807, 2.05) is 50.2 Å². The smallest absolute Gasteiger partial charge is 0.221 e. The van der Waals surface area contributed by atoms with Crippen molar-refractivity contribution in [1.29, 1.82) is 0 Å². The lowest BCUT2D eigenvalue weighted by atomic mass is 9.89. The second kappa shape index (κ2) is 8.04. The molecule has 1 heterocycles. The summed E-state index contributed by atoms with van der Waals surface area (Å²) in [5.74, 6) is 2.40. The molecular formula is C21H25NO3S. The predicted octanol–water partition coefficient (Wildman–Crippen LogP) is 4.60. The zero-order chi connectivity index (χ0) is 18.6. The van der Waals surface area contributed by atoms with E-state index in [1.54, 1.807) is 18.9 Å². The molecule has 2 aromatic carbocycles. The van der Waals surface area contributed by atoms with Crippen LogP contribution in [0.4, 0.5) is 0 Å². The van der Waals surface area contributed by atoms with Crippen LogP contribution in [0, 0.1) is 0 Å². The van der Waals surface area contributed by atoms with Crippen LogP contribution in [0.5, 0.6) is 11.5 Å². The average Bonchev–Trinajstić information content (AvgIpc) is 2.61. The number of amides is 1. The molecule has 0 fully saturated rings. The molecule has 0 bridgehead atoms. The van der Waals surface area contributed by atoms with Crippen molar-refractivity contribution in [3.05, 3.63) is 54.1 Å². The van der Waals surface area contributed by atoms with E-state index >= 15 is 0 Å². The van der Waals surface area contributed by atoms with E-state index in [2.05, 4.69) is 17.4 Å². The minimum absolute atomic E-state index is 0.0601. The number of hydrogen-bond acceptors (Lipinski definition) is 4. The minimum atomic E-state index is -0.321. The third kappa shape index (κ3) is 4.73. The van der Waals surface area contributed by atoms with E-state index in [1.165, 1.54) is 4.90 Å². The zero-order valence-corrected chi connectivity index (χ0v) is 16.3. The predicted molar refractivity (Wildman–Crippen MR) is 105 cm³/mol. The van der Waals surface area contributed by atoms with Crippen molar-refractivity contribution in [2.24, 2.45) is 0 Å². The fourth-order valence-electron chi connectivity index (χ4n) is 3.13. The Kier molecular flexibility index (Phi) is 5.77. The number of thioether (sulfide) groups is 1. The summed E-state index contributed by atoms with van der Waals surface area (Å²) in [5.41, 5.74) is 0.658. The lowest BCUT2D eigenvalue weighted by Gasteiger charge is -2.38. The molecule has 3 rings (SSSR count). The number of carbonyl (C=O) groups excluding carboxylic acids is 1. The first kappa shape index (κ1) is 18.6. The van der Waals surface area contributed by atoms with E-state index < -0.39 is 0 Å². The molecule has 4 nitrogen and oxygen atoms in total. The number of carbonyl (C=O) groups is 1. The van der Waals surface area contributed by atoms with Crippen LogP contribution in [-0.2, 0) is 4.79 Å². The van der Waals surface area contributed by atoms with Gasteiger partial charge in [-0.2, -0.15) is 0 Å². The highest BCUT2D eigenvalue weighted by Gasteiger charge is 2.34. The molecule has 0 spiro atoms. The van der Waals surface area contributed by atoms with Gasteiger partial charge in [-0.15, -0.1) is 11.8 Å². The molecule has 5 heteroatoms. The molecule has 1 atom stereocenters. The second-order valence-electron chi connectivity index (χ2n) is 7.00. The highest BCUT2D eigenvalue weighted by molar-refractivity contribution is 7.99. The Hall–Kier alpha value is -2.14. The summed E-state index contributed by atoms with van der Waals surface area (Å²) >= 11 is 1.70. The molecule has 1 N–H and O–H groups in total. The topological polar surface area (TPSA) is 47.6 Å². The monoisotopic (exact) mass is 371 g/mol. The Balaban J connectivity index is 1.63. The fraction of sp³-hybridized carbons (Fsp3) is 0.381. The van der Waals surface area contributed by atoms with Gasteiger partial charge in [0, 0.05) is 29.1 Å². The van der Waals surface area contributed by atoms with Crippen molar-refractivity contribution in [1.82, 2.24) is 5.32 Å². The first-order valence-corrected chi connectivity index (χ1v) is 9.79. The van der Waals surface area contributed by atoms with Gasteiger partial charge in [0.05, 0.1) is 13.2 Å². The summed E-state index contributed by atoms with van der Waals surface area (Å²) in [6.45, 7) is 4.09. The summed E-state index contributed by atoms with van der Waals surface area (Å²) < 4.78 is 11.4. The summed E-state index contributed by atoms with van der Waals surface area (Å²) in [4.78, 5) is 13.7. The van der Waals surface area contributed by atoms with Crippen LogP contribution in [0.25, 0.3) is 0 Å². The number of ether oxygens (including phenoxy) is 2. The van der Waals surface area contributed by atoms with Crippen molar-refractivity contribution >= 4 is 17.7 Å². The number of nitrogens with one attached hydrogen (secondary N) is 1. The number of rotatable bonds is 6. The molecule has 0 aliphatic carbocycles. The van der Waals surface area contributed by atoms with Crippen LogP contribution in [0.2, 0.25) is 0 Å². The molecule has 0 unspecified atom stereocenters. The van der Waals surface area contributed by atoms with E-state index in [0.717, 1.165) is 29.2 Å². The first-order valence-electron chi connectivity index (χ1n) is 8.81. The highest BCUT2D eigenvalue weighted by atomic mass is 32.2. The third-order valence-electron chi connectivity index (χ3n) is 4.35. The van der Waals surface area contributed by atoms with Gasteiger partial charge in [0.25, 0.3) is 0 Å². The van der Waals surface area contributed by atoms with Gasteiger partial charge in [0.2, 0.25) is 5.91 Å². The fourth-order valence-corrected chi connectivity index (χ4v) is 4.01. The minimum Gasteiger partial charge on any atom is -0.497 e. The van der Waals surface area contributed by atoms with E-state index in [4.69, 9.17) is 9.47 Å². The van der Waals surface area contributed by atoms with Gasteiger partial charge in [0.1, 0.15) is 17.1 Å².